The van der Waals surface area contributed by atoms with Gasteiger partial charge in [-0.1, -0.05) is 53.1 Å². The molecule has 4 aromatic rings. The molecule has 0 aliphatic carbocycles. The SMILES string of the molecule is Cc1ccc(S(=O)(=O)O)cc1.Cc1ccc(S(=O)(=O)O)cc1.FC1=CC=C(C2=CCNCC2)NC1OCc1nc2ccc(Cl)cc2s1. The van der Waals surface area contributed by atoms with E-state index in [1.807, 2.05) is 32.0 Å². The quantitative estimate of drug-likeness (QED) is 0.162. The Hall–Kier alpha value is -3.47. The minimum atomic E-state index is -4.02. The van der Waals surface area contributed by atoms with Crippen LogP contribution in [0.2, 0.25) is 5.02 Å². The number of benzene rings is 3. The fraction of sp³-hybridized carbons (Fsp3) is 0.219. The van der Waals surface area contributed by atoms with Crippen LogP contribution in [0.1, 0.15) is 22.6 Å². The number of nitrogens with zero attached hydrogens (tertiary/aromatic N) is 1. The summed E-state index contributed by atoms with van der Waals surface area (Å²) in [4.78, 5) is 4.37. The van der Waals surface area contributed by atoms with Crippen LogP contribution in [0.15, 0.2) is 112 Å². The van der Waals surface area contributed by atoms with Crippen LogP contribution in [0.25, 0.3) is 10.2 Å². The highest BCUT2D eigenvalue weighted by Crippen LogP contribution is 2.27. The molecule has 47 heavy (non-hydrogen) atoms. The molecule has 10 nitrogen and oxygen atoms in total. The van der Waals surface area contributed by atoms with Gasteiger partial charge in [0.15, 0.2) is 6.23 Å². The van der Waals surface area contributed by atoms with Gasteiger partial charge in [-0.2, -0.15) is 16.8 Å². The van der Waals surface area contributed by atoms with Crippen LogP contribution < -0.4 is 10.6 Å². The number of thiazole rings is 1. The molecular weight excluding hydrogens is 689 g/mol. The topological polar surface area (TPSA) is 155 Å². The van der Waals surface area contributed by atoms with Crippen LogP contribution in [0.5, 0.6) is 0 Å². The number of rotatable bonds is 6. The molecule has 3 aromatic carbocycles. The fourth-order valence-electron chi connectivity index (χ4n) is 4.28. The van der Waals surface area contributed by atoms with Gasteiger partial charge in [0.05, 0.1) is 20.0 Å². The smallest absolute Gasteiger partial charge is 0.294 e. The maximum absolute atomic E-state index is 14.1. The number of halogens is 2. The van der Waals surface area contributed by atoms with Gasteiger partial charge < -0.3 is 15.4 Å². The largest absolute Gasteiger partial charge is 0.354 e. The van der Waals surface area contributed by atoms with Gasteiger partial charge in [0.2, 0.25) is 0 Å². The molecule has 0 bridgehead atoms. The van der Waals surface area contributed by atoms with E-state index < -0.39 is 26.5 Å². The Morgan fingerprint density at radius 2 is 1.53 bits per heavy atom. The van der Waals surface area contributed by atoms with Crippen molar-refractivity contribution in [1.29, 1.82) is 0 Å². The predicted molar refractivity (Wildman–Crippen MR) is 181 cm³/mol. The lowest BCUT2D eigenvalue weighted by Crippen LogP contribution is -2.35. The molecule has 3 heterocycles. The number of hydrogen-bond donors (Lipinski definition) is 4. The molecule has 1 unspecified atom stereocenters. The Labute approximate surface area is 282 Å². The van der Waals surface area contributed by atoms with E-state index in [2.05, 4.69) is 21.7 Å². The first-order valence-electron chi connectivity index (χ1n) is 14.2. The van der Waals surface area contributed by atoms with Gasteiger partial charge >= 0.3 is 0 Å². The number of nitrogens with one attached hydrogen (secondary N) is 2. The van der Waals surface area contributed by atoms with Gasteiger partial charge in [0, 0.05) is 17.3 Å². The average Bonchev–Trinajstić information content (AvgIpc) is 3.43. The van der Waals surface area contributed by atoms with Crippen molar-refractivity contribution in [2.24, 2.45) is 0 Å². The maximum Gasteiger partial charge on any atom is 0.294 e. The van der Waals surface area contributed by atoms with Gasteiger partial charge in [0.25, 0.3) is 20.2 Å². The van der Waals surface area contributed by atoms with Crippen LogP contribution >= 0.6 is 22.9 Å². The highest BCUT2D eigenvalue weighted by atomic mass is 35.5. The molecule has 1 aromatic heterocycles. The van der Waals surface area contributed by atoms with E-state index >= 15 is 0 Å². The molecule has 1 atom stereocenters. The minimum absolute atomic E-state index is 0.0666. The molecule has 2 aliphatic rings. The van der Waals surface area contributed by atoms with Gasteiger partial charge in [-0.25, -0.2) is 9.37 Å². The second-order valence-corrected chi connectivity index (χ2v) is 14.8. The molecule has 6 rings (SSSR count). The monoisotopic (exact) mass is 721 g/mol. The Morgan fingerprint density at radius 3 is 2.06 bits per heavy atom. The van der Waals surface area contributed by atoms with Gasteiger partial charge in [-0.15, -0.1) is 11.3 Å². The van der Waals surface area contributed by atoms with Gasteiger partial charge in [0.1, 0.15) is 17.4 Å². The highest BCUT2D eigenvalue weighted by Gasteiger charge is 2.22. The second kappa shape index (κ2) is 16.1. The van der Waals surface area contributed by atoms with Gasteiger partial charge in [-0.3, -0.25) is 9.11 Å². The zero-order valence-electron chi connectivity index (χ0n) is 25.4. The summed E-state index contributed by atoms with van der Waals surface area (Å²) >= 11 is 7.51. The molecule has 4 N–H and O–H groups in total. The zero-order valence-corrected chi connectivity index (χ0v) is 28.6. The third kappa shape index (κ3) is 11.0. The lowest BCUT2D eigenvalue weighted by Gasteiger charge is -2.26. The summed E-state index contributed by atoms with van der Waals surface area (Å²) in [5.74, 6) is -0.331. The summed E-state index contributed by atoms with van der Waals surface area (Å²) in [6.45, 7) is 5.68. The molecule has 0 radical (unpaired) electrons. The standard InChI is InChI=1S/C18H17ClFN3OS.2C7H8O3S/c19-12-1-3-15-16(9-12)25-17(22-15)10-24-18-13(20)2-4-14(23-18)11-5-7-21-8-6-11;2*1-6-2-4-7(5-3-6)11(8,9)10/h1-5,9,18,21,23H,6-8,10H2;2*2-5H,1H3,(H,8,9,10). The van der Waals surface area contributed by atoms with E-state index in [0.717, 1.165) is 51.6 Å². The van der Waals surface area contributed by atoms with Crippen molar-refractivity contribution in [3.05, 3.63) is 123 Å². The molecule has 15 heteroatoms. The second-order valence-electron chi connectivity index (χ2n) is 10.4. The van der Waals surface area contributed by atoms with E-state index in [4.69, 9.17) is 25.4 Å². The molecule has 0 fully saturated rings. The number of aryl methyl sites for hydroxylation is 2. The first kappa shape index (κ1) is 36.4. The van der Waals surface area contributed by atoms with Crippen LogP contribution in [0.3, 0.4) is 0 Å². The number of aromatic nitrogens is 1. The van der Waals surface area contributed by atoms with Crippen LogP contribution in [0.4, 0.5) is 4.39 Å². The molecule has 0 spiro atoms. The van der Waals surface area contributed by atoms with Gasteiger partial charge in [-0.05, 0) is 87.0 Å². The number of fused-ring (bicyclic) bond motifs is 1. The van der Waals surface area contributed by atoms with Crippen molar-refractivity contribution in [2.45, 2.75) is 42.9 Å². The Kier molecular flexibility index (Phi) is 12.4. The van der Waals surface area contributed by atoms with Crippen molar-refractivity contribution in [2.75, 3.05) is 13.1 Å². The average molecular weight is 722 g/mol. The fourth-order valence-corrected chi connectivity index (χ4v) is 6.41. The molecule has 250 valence electrons. The van der Waals surface area contributed by atoms with E-state index in [9.17, 15) is 21.2 Å². The third-order valence-electron chi connectivity index (χ3n) is 6.76. The number of allylic oxidation sites excluding steroid dienone is 3. The zero-order chi connectivity index (χ0) is 34.2. The molecule has 2 aliphatic heterocycles. The highest BCUT2D eigenvalue weighted by molar-refractivity contribution is 7.86. The summed E-state index contributed by atoms with van der Waals surface area (Å²) in [7, 11) is -8.04. The number of hydrogen-bond acceptors (Lipinski definition) is 9. The Balaban J connectivity index is 0.000000188. The van der Waals surface area contributed by atoms with Crippen LogP contribution in [0, 0.1) is 13.8 Å². The normalized spacial score (nSPS) is 16.4. The first-order chi connectivity index (χ1) is 22.2. The van der Waals surface area contributed by atoms with Crippen molar-refractivity contribution in [3.63, 3.8) is 0 Å². The Bertz CT molecular complexity index is 1940. The van der Waals surface area contributed by atoms with E-state index in [1.54, 1.807) is 30.3 Å². The van der Waals surface area contributed by atoms with Crippen molar-refractivity contribution >= 4 is 53.4 Å². The third-order valence-corrected chi connectivity index (χ3v) is 9.72. The maximum atomic E-state index is 14.1. The molecular formula is C32H33ClFN3O7S3. The van der Waals surface area contributed by atoms with Crippen LogP contribution in [-0.4, -0.2) is 50.2 Å². The van der Waals surface area contributed by atoms with Crippen molar-refractivity contribution in [3.8, 4) is 0 Å². The van der Waals surface area contributed by atoms with Crippen LogP contribution in [-0.2, 0) is 31.6 Å². The number of ether oxygens (including phenoxy) is 1. The minimum Gasteiger partial charge on any atom is -0.354 e. The van der Waals surface area contributed by atoms with E-state index in [1.165, 1.54) is 47.3 Å². The summed E-state index contributed by atoms with van der Waals surface area (Å²) in [6, 6.07) is 17.5. The predicted octanol–water partition coefficient (Wildman–Crippen LogP) is 6.54. The van der Waals surface area contributed by atoms with Crippen molar-refractivity contribution < 1.29 is 35.1 Å². The lowest BCUT2D eigenvalue weighted by molar-refractivity contribution is 0.0336. The molecule has 0 saturated heterocycles. The lowest BCUT2D eigenvalue weighted by atomic mass is 10.0. The number of dihydropyridines is 1. The molecule has 0 saturated carbocycles. The summed E-state index contributed by atoms with van der Waals surface area (Å²) < 4.78 is 80.0. The first-order valence-corrected chi connectivity index (χ1v) is 18.3. The molecule has 0 amide bonds. The Morgan fingerprint density at radius 1 is 0.936 bits per heavy atom. The van der Waals surface area contributed by atoms with E-state index in [0.29, 0.717) is 5.02 Å². The summed E-state index contributed by atoms with van der Waals surface area (Å²) in [6.07, 6.45) is 5.49. The summed E-state index contributed by atoms with van der Waals surface area (Å²) in [5.41, 5.74) is 4.89. The summed E-state index contributed by atoms with van der Waals surface area (Å²) in [5, 5.41) is 7.88. The van der Waals surface area contributed by atoms with Crippen molar-refractivity contribution in [1.82, 2.24) is 15.6 Å². The van der Waals surface area contributed by atoms with E-state index in [-0.39, 0.29) is 22.2 Å².